The molecule has 1 N–H and O–H groups in total. The SMILES string of the molecule is Cc1noc([C@@H](C)Nc2ccc(N3CCCCCC3)cc2)n1. The van der Waals surface area contributed by atoms with Crippen LogP contribution in [0.1, 0.15) is 50.4 Å². The van der Waals surface area contributed by atoms with Gasteiger partial charge < -0.3 is 14.7 Å². The predicted octanol–water partition coefficient (Wildman–Crippen LogP) is 3.93. The molecule has 0 amide bonds. The molecular weight excluding hydrogens is 276 g/mol. The van der Waals surface area contributed by atoms with E-state index >= 15 is 0 Å². The molecule has 1 fully saturated rings. The highest BCUT2D eigenvalue weighted by atomic mass is 16.5. The number of hydrogen-bond acceptors (Lipinski definition) is 5. The number of nitrogens with zero attached hydrogens (tertiary/aromatic N) is 3. The molecule has 0 saturated carbocycles. The standard InChI is InChI=1S/C17H24N4O/c1-13(17-19-14(2)20-22-17)18-15-7-9-16(10-8-15)21-11-5-3-4-6-12-21/h7-10,13,18H,3-6,11-12H2,1-2H3/t13-/m1/s1. The molecule has 1 saturated heterocycles. The van der Waals surface area contributed by atoms with E-state index in [1.807, 2.05) is 13.8 Å². The summed E-state index contributed by atoms with van der Waals surface area (Å²) in [6.45, 7) is 6.19. The summed E-state index contributed by atoms with van der Waals surface area (Å²) in [6, 6.07) is 8.64. The summed E-state index contributed by atoms with van der Waals surface area (Å²) in [5.41, 5.74) is 2.38. The van der Waals surface area contributed by atoms with Gasteiger partial charge in [-0.2, -0.15) is 4.98 Å². The summed E-state index contributed by atoms with van der Waals surface area (Å²) in [5.74, 6) is 1.29. The third-order valence-electron chi connectivity index (χ3n) is 4.14. The second kappa shape index (κ2) is 6.81. The van der Waals surface area contributed by atoms with Crippen LogP contribution in [0.15, 0.2) is 28.8 Å². The Labute approximate surface area is 131 Å². The number of aryl methyl sites for hydroxylation is 1. The molecule has 3 rings (SSSR count). The van der Waals surface area contributed by atoms with Gasteiger partial charge in [-0.3, -0.25) is 0 Å². The Morgan fingerprint density at radius 3 is 2.36 bits per heavy atom. The van der Waals surface area contributed by atoms with Crippen molar-refractivity contribution < 1.29 is 4.52 Å². The summed E-state index contributed by atoms with van der Waals surface area (Å²) < 4.78 is 5.20. The lowest BCUT2D eigenvalue weighted by molar-refractivity contribution is 0.364. The number of nitrogens with one attached hydrogen (secondary N) is 1. The summed E-state index contributed by atoms with van der Waals surface area (Å²) in [4.78, 5) is 6.75. The molecule has 1 aliphatic heterocycles. The molecule has 2 aromatic rings. The Balaban J connectivity index is 1.63. The van der Waals surface area contributed by atoms with Gasteiger partial charge >= 0.3 is 0 Å². The molecule has 0 unspecified atom stereocenters. The Morgan fingerprint density at radius 2 is 1.77 bits per heavy atom. The maximum absolute atomic E-state index is 5.20. The average molecular weight is 300 g/mol. The molecule has 2 heterocycles. The predicted molar refractivity (Wildman–Crippen MR) is 88.2 cm³/mol. The lowest BCUT2D eigenvalue weighted by Gasteiger charge is -2.23. The summed E-state index contributed by atoms with van der Waals surface area (Å²) in [6.07, 6.45) is 5.32. The number of rotatable bonds is 4. The van der Waals surface area contributed by atoms with Crippen molar-refractivity contribution in [2.45, 2.75) is 45.6 Å². The highest BCUT2D eigenvalue weighted by Crippen LogP contribution is 2.23. The number of benzene rings is 1. The molecule has 1 aliphatic rings. The fourth-order valence-electron chi connectivity index (χ4n) is 2.90. The smallest absolute Gasteiger partial charge is 0.248 e. The maximum Gasteiger partial charge on any atom is 0.248 e. The Kier molecular flexibility index (Phi) is 4.61. The molecular formula is C17H24N4O. The number of aromatic nitrogens is 2. The molecule has 22 heavy (non-hydrogen) atoms. The first-order valence-electron chi connectivity index (χ1n) is 8.14. The summed E-state index contributed by atoms with van der Waals surface area (Å²) in [7, 11) is 0. The van der Waals surface area contributed by atoms with Crippen LogP contribution < -0.4 is 10.2 Å². The zero-order chi connectivity index (χ0) is 15.4. The van der Waals surface area contributed by atoms with Gasteiger partial charge in [0.15, 0.2) is 5.82 Å². The van der Waals surface area contributed by atoms with Crippen LogP contribution in [0.4, 0.5) is 11.4 Å². The summed E-state index contributed by atoms with van der Waals surface area (Å²) in [5, 5.41) is 7.23. The highest BCUT2D eigenvalue weighted by molar-refractivity contribution is 5.55. The van der Waals surface area contributed by atoms with E-state index in [0.29, 0.717) is 11.7 Å². The molecule has 0 aliphatic carbocycles. The molecule has 0 spiro atoms. The van der Waals surface area contributed by atoms with E-state index in [9.17, 15) is 0 Å². The van der Waals surface area contributed by atoms with Crippen molar-refractivity contribution in [1.29, 1.82) is 0 Å². The van der Waals surface area contributed by atoms with Crippen LogP contribution in [0, 0.1) is 6.92 Å². The van der Waals surface area contributed by atoms with Gasteiger partial charge in [0.2, 0.25) is 5.89 Å². The minimum atomic E-state index is 0.00485. The molecule has 1 aromatic heterocycles. The van der Waals surface area contributed by atoms with E-state index in [2.05, 4.69) is 44.6 Å². The van der Waals surface area contributed by atoms with E-state index in [4.69, 9.17) is 4.52 Å². The zero-order valence-electron chi connectivity index (χ0n) is 13.4. The quantitative estimate of drug-likeness (QED) is 0.927. The van der Waals surface area contributed by atoms with Gasteiger partial charge in [0.1, 0.15) is 6.04 Å². The fourth-order valence-corrected chi connectivity index (χ4v) is 2.90. The van der Waals surface area contributed by atoms with E-state index in [1.165, 1.54) is 44.5 Å². The highest BCUT2D eigenvalue weighted by Gasteiger charge is 2.13. The van der Waals surface area contributed by atoms with Crippen LogP contribution in [0.25, 0.3) is 0 Å². The van der Waals surface area contributed by atoms with Crippen LogP contribution >= 0.6 is 0 Å². The van der Waals surface area contributed by atoms with E-state index < -0.39 is 0 Å². The van der Waals surface area contributed by atoms with Crippen molar-refractivity contribution in [3.8, 4) is 0 Å². The van der Waals surface area contributed by atoms with E-state index in [-0.39, 0.29) is 6.04 Å². The van der Waals surface area contributed by atoms with Crippen molar-refractivity contribution in [1.82, 2.24) is 10.1 Å². The third-order valence-corrected chi connectivity index (χ3v) is 4.14. The minimum Gasteiger partial charge on any atom is -0.374 e. The van der Waals surface area contributed by atoms with Gasteiger partial charge in [-0.25, -0.2) is 0 Å². The molecule has 118 valence electrons. The molecule has 1 atom stereocenters. The lowest BCUT2D eigenvalue weighted by Crippen LogP contribution is -2.23. The van der Waals surface area contributed by atoms with Crippen molar-refractivity contribution in [2.24, 2.45) is 0 Å². The van der Waals surface area contributed by atoms with Gasteiger partial charge in [0.25, 0.3) is 0 Å². The van der Waals surface area contributed by atoms with Crippen molar-refractivity contribution in [3.05, 3.63) is 36.0 Å². The average Bonchev–Trinajstić information content (AvgIpc) is 2.80. The second-order valence-electron chi connectivity index (χ2n) is 5.99. The van der Waals surface area contributed by atoms with Crippen LogP contribution in [0.3, 0.4) is 0 Å². The van der Waals surface area contributed by atoms with Crippen molar-refractivity contribution in [3.63, 3.8) is 0 Å². The fraction of sp³-hybridized carbons (Fsp3) is 0.529. The largest absolute Gasteiger partial charge is 0.374 e. The lowest BCUT2D eigenvalue weighted by atomic mass is 10.2. The van der Waals surface area contributed by atoms with Gasteiger partial charge in [0, 0.05) is 24.5 Å². The third kappa shape index (κ3) is 3.59. The van der Waals surface area contributed by atoms with Crippen LogP contribution in [-0.4, -0.2) is 23.2 Å². The minimum absolute atomic E-state index is 0.00485. The number of hydrogen-bond donors (Lipinski definition) is 1. The van der Waals surface area contributed by atoms with E-state index in [0.717, 1.165) is 5.69 Å². The van der Waals surface area contributed by atoms with Crippen LogP contribution in [0.2, 0.25) is 0 Å². The van der Waals surface area contributed by atoms with Crippen molar-refractivity contribution >= 4 is 11.4 Å². The first-order chi connectivity index (χ1) is 10.7. The number of anilines is 2. The Morgan fingerprint density at radius 1 is 1.09 bits per heavy atom. The second-order valence-corrected chi connectivity index (χ2v) is 5.99. The van der Waals surface area contributed by atoms with Gasteiger partial charge in [-0.15, -0.1) is 0 Å². The van der Waals surface area contributed by atoms with Gasteiger partial charge in [0.05, 0.1) is 0 Å². The van der Waals surface area contributed by atoms with Gasteiger partial charge in [-0.1, -0.05) is 18.0 Å². The molecule has 0 radical (unpaired) electrons. The first kappa shape index (κ1) is 14.9. The van der Waals surface area contributed by atoms with Gasteiger partial charge in [-0.05, 0) is 51.0 Å². The molecule has 0 bridgehead atoms. The zero-order valence-corrected chi connectivity index (χ0v) is 13.4. The normalized spacial score (nSPS) is 17.1. The maximum atomic E-state index is 5.20. The molecule has 5 nitrogen and oxygen atoms in total. The summed E-state index contributed by atoms with van der Waals surface area (Å²) >= 11 is 0. The topological polar surface area (TPSA) is 54.2 Å². The molecule has 5 heteroatoms. The monoisotopic (exact) mass is 300 g/mol. The van der Waals surface area contributed by atoms with Crippen LogP contribution in [-0.2, 0) is 0 Å². The van der Waals surface area contributed by atoms with E-state index in [1.54, 1.807) is 0 Å². The van der Waals surface area contributed by atoms with Crippen molar-refractivity contribution in [2.75, 3.05) is 23.3 Å². The molecule has 1 aromatic carbocycles. The Hall–Kier alpha value is -2.04. The van der Waals surface area contributed by atoms with Crippen LogP contribution in [0.5, 0.6) is 0 Å². The Bertz CT molecular complexity index is 585. The first-order valence-corrected chi connectivity index (χ1v) is 8.14.